The maximum Gasteiger partial charge on any atom is 0.260 e. The van der Waals surface area contributed by atoms with Gasteiger partial charge < -0.3 is 9.47 Å². The molecule has 2 aliphatic rings. The lowest BCUT2D eigenvalue weighted by Crippen LogP contribution is -2.57. The van der Waals surface area contributed by atoms with E-state index in [1.165, 1.54) is 16.6 Å². The second kappa shape index (κ2) is 5.98. The fourth-order valence-corrected chi connectivity index (χ4v) is 4.37. The van der Waals surface area contributed by atoms with Crippen LogP contribution in [0.2, 0.25) is 0 Å². The third-order valence-electron chi connectivity index (χ3n) is 5.98. The molecule has 0 radical (unpaired) electrons. The number of rotatable bonds is 1. The summed E-state index contributed by atoms with van der Waals surface area (Å²) in [4.78, 5) is 4.70. The van der Waals surface area contributed by atoms with Crippen LogP contribution < -0.4 is 25.9 Å². The Bertz CT molecular complexity index is 1300. The number of para-hydroxylation sites is 2. The molecular weight excluding hydrogens is 357 g/mol. The number of hydrogen-bond acceptors (Lipinski definition) is 3. The van der Waals surface area contributed by atoms with Gasteiger partial charge in [0.15, 0.2) is 0 Å². The minimum atomic E-state index is 0.0846. The zero-order valence-corrected chi connectivity index (χ0v) is 16.3. The normalized spacial score (nSPS) is 13.0. The van der Waals surface area contributed by atoms with Crippen molar-refractivity contribution in [3.63, 3.8) is 0 Å². The van der Waals surface area contributed by atoms with Crippen molar-refractivity contribution >= 4 is 23.1 Å². The number of fused-ring (bicyclic) bond motifs is 4. The summed E-state index contributed by atoms with van der Waals surface area (Å²) in [6.07, 6.45) is 1.93. The fraction of sp³-hybridized carbons (Fsp3) is 0.0800. The molecule has 3 nitrogen and oxygen atoms in total. The van der Waals surface area contributed by atoms with Gasteiger partial charge in [-0.2, -0.15) is 0 Å². The van der Waals surface area contributed by atoms with E-state index < -0.39 is 0 Å². The molecule has 29 heavy (non-hydrogen) atoms. The molecule has 0 unspecified atom stereocenters. The van der Waals surface area contributed by atoms with Crippen LogP contribution in [-0.4, -0.2) is 11.7 Å². The first kappa shape index (κ1) is 16.4. The van der Waals surface area contributed by atoms with Crippen molar-refractivity contribution in [1.29, 1.82) is 0 Å². The van der Waals surface area contributed by atoms with Gasteiger partial charge in [0.05, 0.1) is 5.69 Å². The predicted octanol–water partition coefficient (Wildman–Crippen LogP) is 4.09. The fourth-order valence-electron chi connectivity index (χ4n) is 4.37. The Kier molecular flexibility index (Phi) is 3.39. The van der Waals surface area contributed by atoms with Crippen LogP contribution in [0.15, 0.2) is 72.9 Å². The van der Waals surface area contributed by atoms with Crippen molar-refractivity contribution in [3.8, 4) is 34.3 Å². The number of ether oxygens (including phenoxy) is 2. The summed E-state index contributed by atoms with van der Waals surface area (Å²) in [5.74, 6) is 3.51. The van der Waals surface area contributed by atoms with Gasteiger partial charge in [-0.3, -0.25) is 4.98 Å². The van der Waals surface area contributed by atoms with Crippen LogP contribution in [0, 0.1) is 13.8 Å². The van der Waals surface area contributed by atoms with Gasteiger partial charge in [-0.1, -0.05) is 36.4 Å². The standard InChI is InChI=1S/C25H18BNO2/c1-15-13-20(27-14-16(15)2)17-7-5-9-19-25(17)29-23-12-6-11-22-24(23)26(19)18-8-3-4-10-21(18)28-22/h3-14H,1-2H3. The second-order valence-corrected chi connectivity index (χ2v) is 7.72. The summed E-state index contributed by atoms with van der Waals surface area (Å²) < 4.78 is 12.7. The van der Waals surface area contributed by atoms with Gasteiger partial charge in [0, 0.05) is 17.2 Å². The number of aromatic nitrogens is 1. The predicted molar refractivity (Wildman–Crippen MR) is 117 cm³/mol. The highest BCUT2D eigenvalue weighted by Crippen LogP contribution is 2.38. The number of nitrogens with zero attached hydrogens (tertiary/aromatic N) is 1. The van der Waals surface area contributed by atoms with Crippen molar-refractivity contribution in [3.05, 3.63) is 84.1 Å². The average molecular weight is 375 g/mol. The van der Waals surface area contributed by atoms with Crippen LogP contribution in [0.3, 0.4) is 0 Å². The zero-order chi connectivity index (χ0) is 19.5. The van der Waals surface area contributed by atoms with E-state index in [9.17, 15) is 0 Å². The van der Waals surface area contributed by atoms with Crippen molar-refractivity contribution in [2.75, 3.05) is 0 Å². The van der Waals surface area contributed by atoms with Crippen molar-refractivity contribution in [2.45, 2.75) is 13.8 Å². The highest BCUT2D eigenvalue weighted by atomic mass is 16.5. The Morgan fingerprint density at radius 1 is 0.724 bits per heavy atom. The van der Waals surface area contributed by atoms with E-state index in [1.54, 1.807) is 0 Å². The molecule has 0 amide bonds. The Morgan fingerprint density at radius 2 is 1.45 bits per heavy atom. The lowest BCUT2D eigenvalue weighted by molar-refractivity contribution is 0.465. The molecule has 138 valence electrons. The van der Waals surface area contributed by atoms with Gasteiger partial charge in [-0.15, -0.1) is 0 Å². The van der Waals surface area contributed by atoms with Crippen molar-refractivity contribution in [2.24, 2.45) is 0 Å². The minimum Gasteiger partial charge on any atom is -0.458 e. The average Bonchev–Trinajstić information content (AvgIpc) is 2.75. The number of aryl methyl sites for hydroxylation is 2. The molecule has 3 heterocycles. The Hall–Kier alpha value is -3.53. The van der Waals surface area contributed by atoms with E-state index in [0.29, 0.717) is 0 Å². The van der Waals surface area contributed by atoms with E-state index in [1.807, 2.05) is 36.5 Å². The van der Waals surface area contributed by atoms with Gasteiger partial charge in [0.25, 0.3) is 6.71 Å². The van der Waals surface area contributed by atoms with E-state index in [-0.39, 0.29) is 6.71 Å². The van der Waals surface area contributed by atoms with Crippen LogP contribution in [-0.2, 0) is 0 Å². The maximum atomic E-state index is 6.47. The molecule has 4 aromatic rings. The lowest BCUT2D eigenvalue weighted by atomic mass is 9.34. The van der Waals surface area contributed by atoms with Crippen LogP contribution in [0.4, 0.5) is 0 Å². The summed E-state index contributed by atoms with van der Waals surface area (Å²) in [6.45, 7) is 4.29. The number of benzene rings is 3. The minimum absolute atomic E-state index is 0.0846. The molecule has 3 aromatic carbocycles. The third kappa shape index (κ3) is 2.35. The largest absolute Gasteiger partial charge is 0.458 e. The molecule has 0 aliphatic carbocycles. The molecule has 0 N–H and O–H groups in total. The first-order valence-electron chi connectivity index (χ1n) is 9.85. The van der Waals surface area contributed by atoms with Gasteiger partial charge in [0.2, 0.25) is 0 Å². The molecule has 0 fully saturated rings. The molecule has 2 aliphatic heterocycles. The first-order valence-corrected chi connectivity index (χ1v) is 9.85. The van der Waals surface area contributed by atoms with Crippen LogP contribution in [0.1, 0.15) is 11.1 Å². The maximum absolute atomic E-state index is 6.47. The van der Waals surface area contributed by atoms with E-state index in [0.717, 1.165) is 45.2 Å². The summed E-state index contributed by atoms with van der Waals surface area (Å²) in [7, 11) is 0. The topological polar surface area (TPSA) is 31.4 Å². The molecule has 0 bridgehead atoms. The molecule has 0 spiro atoms. The van der Waals surface area contributed by atoms with Gasteiger partial charge >= 0.3 is 0 Å². The molecular formula is C25H18BNO2. The van der Waals surface area contributed by atoms with Gasteiger partial charge in [0.1, 0.15) is 23.0 Å². The molecule has 0 saturated carbocycles. The van der Waals surface area contributed by atoms with Crippen molar-refractivity contribution < 1.29 is 9.47 Å². The summed E-state index contributed by atoms with van der Waals surface area (Å²) >= 11 is 0. The summed E-state index contributed by atoms with van der Waals surface area (Å²) in [5, 5.41) is 0. The zero-order valence-electron chi connectivity index (χ0n) is 16.3. The van der Waals surface area contributed by atoms with Crippen LogP contribution in [0.5, 0.6) is 23.0 Å². The summed E-state index contributed by atoms with van der Waals surface area (Å²) in [6, 6.07) is 22.8. The van der Waals surface area contributed by atoms with Gasteiger partial charge in [-0.05, 0) is 66.2 Å². The smallest absolute Gasteiger partial charge is 0.260 e. The molecule has 6 rings (SSSR count). The molecule has 4 heteroatoms. The number of pyridine rings is 1. The lowest BCUT2D eigenvalue weighted by Gasteiger charge is -2.33. The Balaban J connectivity index is 1.63. The second-order valence-electron chi connectivity index (χ2n) is 7.72. The first-order chi connectivity index (χ1) is 14.2. The van der Waals surface area contributed by atoms with Crippen LogP contribution in [0.25, 0.3) is 11.3 Å². The van der Waals surface area contributed by atoms with Crippen LogP contribution >= 0.6 is 0 Å². The Labute approximate surface area is 170 Å². The number of hydrogen-bond donors (Lipinski definition) is 0. The van der Waals surface area contributed by atoms with E-state index in [4.69, 9.17) is 14.5 Å². The molecule has 0 saturated heterocycles. The molecule has 0 atom stereocenters. The van der Waals surface area contributed by atoms with E-state index in [2.05, 4.69) is 50.2 Å². The monoisotopic (exact) mass is 375 g/mol. The SMILES string of the molecule is Cc1cnc(-c2cccc3c2Oc2cccc4c2B3c2ccccc2O4)cc1C. The molecule has 1 aromatic heterocycles. The third-order valence-corrected chi connectivity index (χ3v) is 5.98. The highest BCUT2D eigenvalue weighted by molar-refractivity contribution is 6.98. The summed E-state index contributed by atoms with van der Waals surface area (Å²) in [5.41, 5.74) is 7.79. The van der Waals surface area contributed by atoms with E-state index >= 15 is 0 Å². The highest BCUT2D eigenvalue weighted by Gasteiger charge is 2.40. The quantitative estimate of drug-likeness (QED) is 0.406. The van der Waals surface area contributed by atoms with Gasteiger partial charge in [-0.25, -0.2) is 0 Å². The van der Waals surface area contributed by atoms with Crippen molar-refractivity contribution in [1.82, 2.24) is 4.98 Å². The Morgan fingerprint density at radius 3 is 2.31 bits per heavy atom.